The van der Waals surface area contributed by atoms with E-state index < -0.39 is 15.9 Å². The fourth-order valence-electron chi connectivity index (χ4n) is 3.13. The lowest BCUT2D eigenvalue weighted by molar-refractivity contribution is -0.124. The molecule has 0 heterocycles. The highest BCUT2D eigenvalue weighted by molar-refractivity contribution is 7.92. The summed E-state index contributed by atoms with van der Waals surface area (Å²) in [6, 6.07) is 22.1. The fourth-order valence-corrected chi connectivity index (χ4v) is 4.18. The molecule has 0 aliphatic rings. The third kappa shape index (κ3) is 6.68. The van der Waals surface area contributed by atoms with Crippen LogP contribution in [0.25, 0.3) is 5.57 Å². The van der Waals surface area contributed by atoms with E-state index in [4.69, 9.17) is 9.94 Å². The summed E-state index contributed by atoms with van der Waals surface area (Å²) in [5.74, 6) is -0.0784. The first-order valence-corrected chi connectivity index (χ1v) is 12.0. The molecule has 7 nitrogen and oxygen atoms in total. The fraction of sp³-hybridized carbons (Fsp3) is 0.160. The molecule has 8 heteroatoms. The third-order valence-electron chi connectivity index (χ3n) is 4.80. The Bertz CT molecular complexity index is 1210. The van der Waals surface area contributed by atoms with E-state index in [0.29, 0.717) is 29.2 Å². The lowest BCUT2D eigenvalue weighted by atomic mass is 9.97. The molecule has 0 spiro atoms. The number of hydroxylamine groups is 1. The van der Waals surface area contributed by atoms with Gasteiger partial charge in [0.15, 0.2) is 0 Å². The number of rotatable bonds is 10. The molecular weight excluding hydrogens is 440 g/mol. The van der Waals surface area contributed by atoms with E-state index in [1.807, 2.05) is 30.3 Å². The first-order chi connectivity index (χ1) is 15.9. The van der Waals surface area contributed by atoms with Gasteiger partial charge in [-0.15, -0.1) is 0 Å². The Morgan fingerprint density at radius 1 is 0.970 bits per heavy atom. The van der Waals surface area contributed by atoms with Gasteiger partial charge >= 0.3 is 0 Å². The number of carbonyl (C=O) groups excluding carboxylic acids is 1. The summed E-state index contributed by atoms with van der Waals surface area (Å²) < 4.78 is 33.9. The lowest BCUT2D eigenvalue weighted by Crippen LogP contribution is -2.16. The van der Waals surface area contributed by atoms with Gasteiger partial charge in [0.25, 0.3) is 15.9 Å². The number of ether oxygens (including phenoxy) is 1. The Morgan fingerprint density at radius 3 is 2.33 bits per heavy atom. The number of carbonyl (C=O) groups is 1. The standard InChI is InChI=1S/C25H26N2O5S/c1-2-3-16-32-22-12-14-23(15-13-22)33(30,31)27-21-11-7-10-20(17-21)24(18-25(28)26-29)19-8-5-4-6-9-19/h4-15,17-18,27,29H,2-3,16H2,1H3,(H,26,28). The Hall–Kier alpha value is -3.62. The van der Waals surface area contributed by atoms with Crippen LogP contribution in [0.4, 0.5) is 5.69 Å². The largest absolute Gasteiger partial charge is 0.494 e. The van der Waals surface area contributed by atoms with Gasteiger partial charge in [0, 0.05) is 11.8 Å². The van der Waals surface area contributed by atoms with Crippen molar-refractivity contribution in [3.63, 3.8) is 0 Å². The number of unbranched alkanes of at least 4 members (excludes halogenated alkanes) is 1. The molecule has 0 aliphatic heterocycles. The summed E-state index contributed by atoms with van der Waals surface area (Å²) in [6.45, 7) is 2.65. The van der Waals surface area contributed by atoms with E-state index in [9.17, 15) is 13.2 Å². The van der Waals surface area contributed by atoms with Crippen LogP contribution < -0.4 is 14.9 Å². The minimum Gasteiger partial charge on any atom is -0.494 e. The number of hydrogen-bond donors (Lipinski definition) is 3. The second-order valence-corrected chi connectivity index (χ2v) is 8.94. The van der Waals surface area contributed by atoms with Crippen molar-refractivity contribution in [2.24, 2.45) is 0 Å². The van der Waals surface area contributed by atoms with Crippen LogP contribution in [0.2, 0.25) is 0 Å². The first-order valence-electron chi connectivity index (χ1n) is 10.5. The van der Waals surface area contributed by atoms with Gasteiger partial charge in [-0.3, -0.25) is 14.7 Å². The van der Waals surface area contributed by atoms with Crippen LogP contribution in [0.5, 0.6) is 5.75 Å². The molecule has 33 heavy (non-hydrogen) atoms. The van der Waals surface area contributed by atoms with E-state index in [-0.39, 0.29) is 4.90 Å². The maximum atomic E-state index is 12.9. The third-order valence-corrected chi connectivity index (χ3v) is 6.19. The number of sulfonamides is 1. The van der Waals surface area contributed by atoms with Crippen LogP contribution in [0.3, 0.4) is 0 Å². The number of hydrogen-bond acceptors (Lipinski definition) is 5. The molecule has 0 saturated heterocycles. The Balaban J connectivity index is 1.85. The van der Waals surface area contributed by atoms with Crippen molar-refractivity contribution in [1.82, 2.24) is 5.48 Å². The van der Waals surface area contributed by atoms with Crippen LogP contribution in [0.1, 0.15) is 30.9 Å². The number of benzene rings is 3. The second kappa shape index (κ2) is 11.3. The van der Waals surface area contributed by atoms with Gasteiger partial charge in [0.1, 0.15) is 5.75 Å². The molecule has 3 N–H and O–H groups in total. The molecule has 0 saturated carbocycles. The molecule has 3 rings (SSSR count). The molecule has 172 valence electrons. The Labute approximate surface area is 193 Å². The van der Waals surface area contributed by atoms with Crippen molar-refractivity contribution in [1.29, 1.82) is 0 Å². The molecule has 0 aromatic heterocycles. The van der Waals surface area contributed by atoms with Gasteiger partial charge in [0.2, 0.25) is 0 Å². The monoisotopic (exact) mass is 466 g/mol. The van der Waals surface area contributed by atoms with E-state index in [1.54, 1.807) is 41.9 Å². The SMILES string of the molecule is CCCCOc1ccc(S(=O)(=O)Nc2cccc(C(=CC(=O)NO)c3ccccc3)c2)cc1. The highest BCUT2D eigenvalue weighted by Gasteiger charge is 2.15. The minimum atomic E-state index is -3.83. The van der Waals surface area contributed by atoms with Crippen LogP contribution in [0, 0.1) is 0 Å². The maximum Gasteiger partial charge on any atom is 0.267 e. The Kier molecular flexibility index (Phi) is 8.23. The van der Waals surface area contributed by atoms with E-state index in [2.05, 4.69) is 11.6 Å². The molecule has 3 aromatic rings. The average molecular weight is 467 g/mol. The molecule has 0 unspecified atom stereocenters. The van der Waals surface area contributed by atoms with Crippen molar-refractivity contribution < 1.29 is 23.2 Å². The summed E-state index contributed by atoms with van der Waals surface area (Å²) in [7, 11) is -3.83. The molecule has 0 aliphatic carbocycles. The minimum absolute atomic E-state index is 0.106. The summed E-state index contributed by atoms with van der Waals surface area (Å²) in [5, 5.41) is 8.95. The van der Waals surface area contributed by atoms with Crippen LogP contribution in [-0.4, -0.2) is 26.1 Å². The number of amides is 1. The lowest BCUT2D eigenvalue weighted by Gasteiger charge is -2.13. The summed E-state index contributed by atoms with van der Waals surface area (Å²) >= 11 is 0. The van der Waals surface area contributed by atoms with Gasteiger partial charge in [-0.05, 0) is 59.5 Å². The van der Waals surface area contributed by atoms with E-state index >= 15 is 0 Å². The normalized spacial score (nSPS) is 11.6. The summed E-state index contributed by atoms with van der Waals surface area (Å²) in [6.07, 6.45) is 3.19. The summed E-state index contributed by atoms with van der Waals surface area (Å²) in [4.78, 5) is 11.9. The predicted octanol–water partition coefficient (Wildman–Crippen LogP) is 4.60. The van der Waals surface area contributed by atoms with Gasteiger partial charge in [-0.25, -0.2) is 13.9 Å². The zero-order chi connectivity index (χ0) is 23.7. The first kappa shape index (κ1) is 24.0. The smallest absolute Gasteiger partial charge is 0.267 e. The molecule has 0 fully saturated rings. The van der Waals surface area contributed by atoms with E-state index in [1.165, 1.54) is 18.2 Å². The second-order valence-electron chi connectivity index (χ2n) is 7.26. The quantitative estimate of drug-likeness (QED) is 0.175. The zero-order valence-corrected chi connectivity index (χ0v) is 19.0. The van der Waals surface area contributed by atoms with Crippen molar-refractivity contribution in [2.45, 2.75) is 24.7 Å². The number of nitrogens with one attached hydrogen (secondary N) is 2. The van der Waals surface area contributed by atoms with Gasteiger partial charge in [0.05, 0.1) is 11.5 Å². The summed E-state index contributed by atoms with van der Waals surface area (Å²) in [5.41, 5.74) is 3.79. The van der Waals surface area contributed by atoms with Crippen LogP contribution >= 0.6 is 0 Å². The topological polar surface area (TPSA) is 105 Å². The van der Waals surface area contributed by atoms with Gasteiger partial charge in [-0.1, -0.05) is 55.8 Å². The zero-order valence-electron chi connectivity index (χ0n) is 18.2. The molecular formula is C25H26N2O5S. The van der Waals surface area contributed by atoms with Crippen molar-refractivity contribution in [3.8, 4) is 5.75 Å². The predicted molar refractivity (Wildman–Crippen MR) is 128 cm³/mol. The van der Waals surface area contributed by atoms with Gasteiger partial charge < -0.3 is 4.74 Å². The molecule has 0 radical (unpaired) electrons. The van der Waals surface area contributed by atoms with Crippen LogP contribution in [-0.2, 0) is 14.8 Å². The Morgan fingerprint density at radius 2 is 1.67 bits per heavy atom. The molecule has 0 bridgehead atoms. The maximum absolute atomic E-state index is 12.9. The van der Waals surface area contributed by atoms with Crippen molar-refractivity contribution >= 4 is 27.2 Å². The highest BCUT2D eigenvalue weighted by atomic mass is 32.2. The van der Waals surface area contributed by atoms with E-state index in [0.717, 1.165) is 18.4 Å². The van der Waals surface area contributed by atoms with Crippen molar-refractivity contribution in [3.05, 3.63) is 96.1 Å². The molecule has 0 atom stereocenters. The molecule has 1 amide bonds. The number of anilines is 1. The highest BCUT2D eigenvalue weighted by Crippen LogP contribution is 2.27. The molecule has 3 aromatic carbocycles. The average Bonchev–Trinajstić information content (AvgIpc) is 2.83. The van der Waals surface area contributed by atoms with Crippen LogP contribution in [0.15, 0.2) is 89.8 Å². The van der Waals surface area contributed by atoms with Gasteiger partial charge in [-0.2, -0.15) is 0 Å². The van der Waals surface area contributed by atoms with Crippen molar-refractivity contribution in [2.75, 3.05) is 11.3 Å².